The topological polar surface area (TPSA) is 52.7 Å². The van der Waals surface area contributed by atoms with E-state index >= 15 is 0 Å². The highest BCUT2D eigenvalue weighted by Crippen LogP contribution is 2.40. The zero-order valence-corrected chi connectivity index (χ0v) is 12.3. The molecule has 2 aliphatic heterocycles. The molecule has 1 atom stereocenters. The normalized spacial score (nSPS) is 22.4. The Morgan fingerprint density at radius 2 is 2.11 bits per heavy atom. The Morgan fingerprint density at radius 3 is 2.84 bits per heavy atom. The second-order valence-electron chi connectivity index (χ2n) is 4.90. The van der Waals surface area contributed by atoms with Gasteiger partial charge in [0.05, 0.1) is 17.9 Å². The number of hydrogen-bond donors (Lipinski definition) is 1. The molecule has 1 saturated heterocycles. The summed E-state index contributed by atoms with van der Waals surface area (Å²) >= 11 is 3.44. The molecule has 1 aromatic rings. The minimum atomic E-state index is -0.432. The molecule has 100 valence electrons. The van der Waals surface area contributed by atoms with Crippen molar-refractivity contribution in [2.24, 2.45) is 0 Å². The zero-order valence-electron chi connectivity index (χ0n) is 10.7. The number of nitrogens with one attached hydrogen (secondary N) is 1. The fourth-order valence-electron chi connectivity index (χ4n) is 2.77. The Morgan fingerprint density at radius 1 is 1.37 bits per heavy atom. The van der Waals surface area contributed by atoms with Crippen molar-refractivity contribution in [3.63, 3.8) is 0 Å². The minimum Gasteiger partial charge on any atom is -0.312 e. The maximum Gasteiger partial charge on any atom is 0.251 e. The number of fused-ring (bicyclic) bond motifs is 3. The molecule has 0 radical (unpaired) electrons. The van der Waals surface area contributed by atoms with Crippen LogP contribution in [0.5, 0.6) is 0 Å². The second kappa shape index (κ2) is 4.31. The number of carbonyl (C=O) groups excluding carboxylic acids is 2. The Labute approximate surface area is 119 Å². The predicted octanol–water partition coefficient (Wildman–Crippen LogP) is 1.04. The van der Waals surface area contributed by atoms with Gasteiger partial charge in [-0.05, 0) is 24.6 Å². The van der Waals surface area contributed by atoms with E-state index in [1.54, 1.807) is 16.8 Å². The molecule has 1 fully saturated rings. The Bertz CT molecular complexity index is 587. The summed E-state index contributed by atoms with van der Waals surface area (Å²) in [7, 11) is 1.75. The molecule has 0 saturated carbocycles. The van der Waals surface area contributed by atoms with Crippen LogP contribution in [-0.2, 0) is 9.59 Å². The Kier molecular flexibility index (Phi) is 2.87. The molecule has 0 aromatic heterocycles. The van der Waals surface area contributed by atoms with Crippen molar-refractivity contribution in [1.82, 2.24) is 5.32 Å². The largest absolute Gasteiger partial charge is 0.312 e. The van der Waals surface area contributed by atoms with Gasteiger partial charge < -0.3 is 10.2 Å². The fourth-order valence-corrected chi connectivity index (χ4v) is 3.33. The first-order valence-corrected chi connectivity index (χ1v) is 6.90. The van der Waals surface area contributed by atoms with E-state index in [2.05, 4.69) is 21.2 Å². The maximum absolute atomic E-state index is 12.4. The minimum absolute atomic E-state index is 0.0504. The summed E-state index contributed by atoms with van der Waals surface area (Å²) in [6.45, 7) is 2.74. The van der Waals surface area contributed by atoms with Crippen LogP contribution < -0.4 is 15.1 Å². The lowest BCUT2D eigenvalue weighted by Gasteiger charge is -2.43. The first-order valence-electron chi connectivity index (χ1n) is 6.11. The zero-order chi connectivity index (χ0) is 13.7. The SMILES string of the molecule is Cc1cc(Br)cc2c1N1C(=O)CNCC1C(=O)N2C. The van der Waals surface area contributed by atoms with Gasteiger partial charge in [0.2, 0.25) is 5.91 Å². The Hall–Kier alpha value is -1.40. The van der Waals surface area contributed by atoms with Crippen molar-refractivity contribution in [2.75, 3.05) is 29.9 Å². The monoisotopic (exact) mass is 323 g/mol. The number of amides is 2. The van der Waals surface area contributed by atoms with E-state index in [4.69, 9.17) is 0 Å². The van der Waals surface area contributed by atoms with E-state index in [-0.39, 0.29) is 18.4 Å². The molecule has 1 N–H and O–H groups in total. The molecule has 2 aliphatic rings. The highest BCUT2D eigenvalue weighted by molar-refractivity contribution is 9.10. The average Bonchev–Trinajstić information content (AvgIpc) is 2.36. The molecule has 5 nitrogen and oxygen atoms in total. The quantitative estimate of drug-likeness (QED) is 0.776. The molecule has 2 amide bonds. The van der Waals surface area contributed by atoms with Crippen LogP contribution in [0.1, 0.15) is 5.56 Å². The number of hydrogen-bond acceptors (Lipinski definition) is 3. The molecule has 0 spiro atoms. The van der Waals surface area contributed by atoms with E-state index in [1.807, 2.05) is 19.1 Å². The van der Waals surface area contributed by atoms with Gasteiger partial charge in [-0.1, -0.05) is 15.9 Å². The third-order valence-corrected chi connectivity index (χ3v) is 4.12. The molecule has 6 heteroatoms. The summed E-state index contributed by atoms with van der Waals surface area (Å²) in [5.41, 5.74) is 2.62. The van der Waals surface area contributed by atoms with Gasteiger partial charge in [0.15, 0.2) is 0 Å². The lowest BCUT2D eigenvalue weighted by molar-refractivity contribution is -0.126. The van der Waals surface area contributed by atoms with Crippen molar-refractivity contribution in [3.05, 3.63) is 22.2 Å². The predicted molar refractivity (Wildman–Crippen MR) is 76.4 cm³/mol. The van der Waals surface area contributed by atoms with Crippen LogP contribution in [0.2, 0.25) is 0 Å². The van der Waals surface area contributed by atoms with Gasteiger partial charge in [0.25, 0.3) is 5.91 Å². The standard InChI is InChI=1S/C13H14BrN3O2/c1-7-3-8(14)4-9-12(7)17-10(13(19)16(9)2)5-15-6-11(17)18/h3-4,10,15H,5-6H2,1-2H3. The molecule has 2 heterocycles. The van der Waals surface area contributed by atoms with Crippen LogP contribution >= 0.6 is 15.9 Å². The van der Waals surface area contributed by atoms with Gasteiger partial charge in [0, 0.05) is 18.1 Å². The molecule has 3 rings (SSSR count). The van der Waals surface area contributed by atoms with Gasteiger partial charge in [-0.25, -0.2) is 0 Å². The van der Waals surface area contributed by atoms with E-state index in [1.165, 1.54) is 0 Å². The third-order valence-electron chi connectivity index (χ3n) is 3.66. The molecule has 1 unspecified atom stereocenters. The lowest BCUT2D eigenvalue weighted by atomic mass is 10.0. The summed E-state index contributed by atoms with van der Waals surface area (Å²) < 4.78 is 0.907. The van der Waals surface area contributed by atoms with Crippen LogP contribution in [0.4, 0.5) is 11.4 Å². The van der Waals surface area contributed by atoms with E-state index in [0.717, 1.165) is 21.4 Å². The van der Waals surface area contributed by atoms with Gasteiger partial charge in [-0.3, -0.25) is 14.5 Å². The third kappa shape index (κ3) is 1.78. The number of likely N-dealkylation sites (N-methyl/N-ethyl adjacent to an activating group) is 1. The number of piperazine rings is 1. The summed E-state index contributed by atoms with van der Waals surface area (Å²) in [5, 5.41) is 3.00. The number of nitrogens with zero attached hydrogens (tertiary/aromatic N) is 2. The smallest absolute Gasteiger partial charge is 0.251 e. The highest BCUT2D eigenvalue weighted by Gasteiger charge is 2.42. The fraction of sp³-hybridized carbons (Fsp3) is 0.385. The van der Waals surface area contributed by atoms with Crippen LogP contribution in [-0.4, -0.2) is 38.0 Å². The van der Waals surface area contributed by atoms with Gasteiger partial charge in [-0.2, -0.15) is 0 Å². The first kappa shape index (κ1) is 12.6. The van der Waals surface area contributed by atoms with Gasteiger partial charge >= 0.3 is 0 Å². The molecular weight excluding hydrogens is 310 g/mol. The maximum atomic E-state index is 12.4. The van der Waals surface area contributed by atoms with Crippen LogP contribution in [0.3, 0.4) is 0 Å². The van der Waals surface area contributed by atoms with Crippen molar-refractivity contribution >= 4 is 39.1 Å². The molecule has 0 aliphatic carbocycles. The number of rotatable bonds is 0. The second-order valence-corrected chi connectivity index (χ2v) is 5.81. The molecule has 1 aromatic carbocycles. The van der Waals surface area contributed by atoms with Crippen LogP contribution in [0, 0.1) is 6.92 Å². The van der Waals surface area contributed by atoms with Crippen molar-refractivity contribution in [1.29, 1.82) is 0 Å². The lowest BCUT2D eigenvalue weighted by Crippen LogP contribution is -2.63. The van der Waals surface area contributed by atoms with E-state index in [9.17, 15) is 9.59 Å². The Balaban J connectivity index is 2.24. The molecule has 19 heavy (non-hydrogen) atoms. The summed E-state index contributed by atoms with van der Waals surface area (Å²) in [6.07, 6.45) is 0. The highest BCUT2D eigenvalue weighted by atomic mass is 79.9. The summed E-state index contributed by atoms with van der Waals surface area (Å²) in [5.74, 6) is -0.102. The summed E-state index contributed by atoms with van der Waals surface area (Å²) in [6, 6.07) is 3.42. The van der Waals surface area contributed by atoms with Crippen molar-refractivity contribution < 1.29 is 9.59 Å². The van der Waals surface area contributed by atoms with Crippen LogP contribution in [0.15, 0.2) is 16.6 Å². The van der Waals surface area contributed by atoms with Crippen molar-refractivity contribution in [3.8, 4) is 0 Å². The van der Waals surface area contributed by atoms with Crippen molar-refractivity contribution in [2.45, 2.75) is 13.0 Å². The van der Waals surface area contributed by atoms with E-state index in [0.29, 0.717) is 6.54 Å². The number of anilines is 2. The molecule has 0 bridgehead atoms. The number of benzene rings is 1. The molecular formula is C13H14BrN3O2. The van der Waals surface area contributed by atoms with Crippen LogP contribution in [0.25, 0.3) is 0 Å². The summed E-state index contributed by atoms with van der Waals surface area (Å²) in [4.78, 5) is 27.8. The van der Waals surface area contributed by atoms with E-state index < -0.39 is 6.04 Å². The van der Waals surface area contributed by atoms with Gasteiger partial charge in [0.1, 0.15) is 6.04 Å². The number of carbonyl (C=O) groups is 2. The first-order chi connectivity index (χ1) is 9.00. The number of aryl methyl sites for hydroxylation is 1. The van der Waals surface area contributed by atoms with Gasteiger partial charge in [-0.15, -0.1) is 0 Å². The average molecular weight is 324 g/mol. The number of halogens is 1.